The number of hydrogen-bond donors (Lipinski definition) is 2. The Morgan fingerprint density at radius 2 is 1.96 bits per heavy atom. The topological polar surface area (TPSA) is 65.7 Å². The first kappa shape index (κ1) is 15.4. The van der Waals surface area contributed by atoms with Gasteiger partial charge in [-0.05, 0) is 55.6 Å². The normalized spacial score (nSPS) is 32.0. The van der Waals surface area contributed by atoms with Gasteiger partial charge in [0.05, 0.1) is 23.4 Å². The Kier molecular flexibility index (Phi) is 3.44. The lowest BCUT2D eigenvalue weighted by molar-refractivity contribution is -0.0115. The number of aromatic nitrogens is 1. The fraction of sp³-hybridized carbons (Fsp3) is 0.550. The van der Waals surface area contributed by atoms with Gasteiger partial charge in [-0.15, -0.1) is 0 Å². The minimum Gasteiger partial charge on any atom is -0.464 e. The number of aliphatic hydroxyl groups is 1. The Morgan fingerprint density at radius 1 is 1.12 bits per heavy atom. The minimum atomic E-state index is -0.884. The van der Waals surface area contributed by atoms with Gasteiger partial charge in [0.25, 0.3) is 0 Å². The van der Waals surface area contributed by atoms with Crippen molar-refractivity contribution in [2.45, 2.75) is 44.2 Å². The van der Waals surface area contributed by atoms with E-state index in [0.717, 1.165) is 61.8 Å². The maximum absolute atomic E-state index is 12.1. The van der Waals surface area contributed by atoms with E-state index in [1.807, 2.05) is 18.2 Å². The number of piperidine rings is 1. The number of carbonyl (C=O) groups is 1. The van der Waals surface area contributed by atoms with Gasteiger partial charge in [0.15, 0.2) is 0 Å². The van der Waals surface area contributed by atoms with Gasteiger partial charge in [0, 0.05) is 18.5 Å². The summed E-state index contributed by atoms with van der Waals surface area (Å²) in [5.41, 5.74) is 3.01. The second-order valence-corrected chi connectivity index (χ2v) is 7.98. The number of para-hydroxylation sites is 1. The van der Waals surface area contributed by atoms with E-state index >= 15 is 0 Å². The fourth-order valence-electron chi connectivity index (χ4n) is 5.63. The molecule has 25 heavy (non-hydrogen) atoms. The molecule has 1 saturated heterocycles. The molecule has 5 nitrogen and oxygen atoms in total. The van der Waals surface area contributed by atoms with Crippen LogP contribution < -0.4 is 0 Å². The molecule has 2 fully saturated rings. The largest absolute Gasteiger partial charge is 0.464 e. The molecule has 132 valence electrons. The van der Waals surface area contributed by atoms with Gasteiger partial charge >= 0.3 is 6.09 Å². The van der Waals surface area contributed by atoms with Crippen molar-refractivity contribution in [1.29, 1.82) is 0 Å². The molecule has 2 aliphatic heterocycles. The summed E-state index contributed by atoms with van der Waals surface area (Å²) in [7, 11) is 0. The van der Waals surface area contributed by atoms with Crippen LogP contribution in [0, 0.1) is 11.8 Å². The number of aliphatic hydroxyl groups excluding tert-OH is 1. The van der Waals surface area contributed by atoms with E-state index in [4.69, 9.17) is 0 Å². The Labute approximate surface area is 146 Å². The molecule has 3 heterocycles. The highest BCUT2D eigenvalue weighted by Gasteiger charge is 2.43. The molecule has 2 N–H and O–H groups in total. The summed E-state index contributed by atoms with van der Waals surface area (Å²) in [6.45, 7) is 2.06. The summed E-state index contributed by atoms with van der Waals surface area (Å²) in [6, 6.07) is 8.05. The summed E-state index contributed by atoms with van der Waals surface area (Å²) in [4.78, 5) is 14.6. The molecule has 5 rings (SSSR count). The van der Waals surface area contributed by atoms with Crippen LogP contribution in [0.5, 0.6) is 0 Å². The smallest absolute Gasteiger partial charge is 0.416 e. The summed E-state index contributed by atoms with van der Waals surface area (Å²) < 4.78 is 1.53. The van der Waals surface area contributed by atoms with Crippen molar-refractivity contribution in [3.8, 4) is 0 Å². The molecule has 5 heteroatoms. The minimum absolute atomic E-state index is 0.166. The highest BCUT2D eigenvalue weighted by atomic mass is 16.4. The molecular formula is C20H24N2O3. The second kappa shape index (κ2) is 5.58. The zero-order chi connectivity index (χ0) is 17.1. The monoisotopic (exact) mass is 340 g/mol. The van der Waals surface area contributed by atoms with Crippen molar-refractivity contribution < 1.29 is 15.0 Å². The zero-order valence-corrected chi connectivity index (χ0v) is 14.3. The summed E-state index contributed by atoms with van der Waals surface area (Å²) in [5.74, 6) is 1.17. The highest BCUT2D eigenvalue weighted by Crippen LogP contribution is 2.47. The number of rotatable bonds is 0. The van der Waals surface area contributed by atoms with Crippen LogP contribution in [0.2, 0.25) is 0 Å². The van der Waals surface area contributed by atoms with Crippen molar-refractivity contribution in [2.24, 2.45) is 11.8 Å². The van der Waals surface area contributed by atoms with Crippen LogP contribution in [0.25, 0.3) is 10.9 Å². The van der Waals surface area contributed by atoms with Crippen LogP contribution in [0.15, 0.2) is 24.3 Å². The summed E-state index contributed by atoms with van der Waals surface area (Å²) in [5, 5.41) is 21.1. The molecule has 4 atom stereocenters. The van der Waals surface area contributed by atoms with Gasteiger partial charge in [-0.2, -0.15) is 0 Å². The van der Waals surface area contributed by atoms with E-state index in [2.05, 4.69) is 11.0 Å². The highest BCUT2D eigenvalue weighted by molar-refractivity contribution is 5.93. The van der Waals surface area contributed by atoms with E-state index in [-0.39, 0.29) is 12.1 Å². The first-order chi connectivity index (χ1) is 12.1. The van der Waals surface area contributed by atoms with Crippen LogP contribution in [-0.4, -0.2) is 45.0 Å². The van der Waals surface area contributed by atoms with E-state index in [0.29, 0.717) is 11.8 Å². The molecule has 0 bridgehead atoms. The van der Waals surface area contributed by atoms with E-state index < -0.39 is 6.09 Å². The molecule has 0 spiro atoms. The molecule has 1 aliphatic carbocycles. The van der Waals surface area contributed by atoms with Gasteiger partial charge < -0.3 is 10.2 Å². The molecule has 0 amide bonds. The zero-order valence-electron chi connectivity index (χ0n) is 14.3. The van der Waals surface area contributed by atoms with E-state index in [9.17, 15) is 15.0 Å². The predicted octanol–water partition coefficient (Wildman–Crippen LogP) is 3.25. The van der Waals surface area contributed by atoms with Gasteiger partial charge in [-0.1, -0.05) is 18.2 Å². The Hall–Kier alpha value is -1.85. The molecule has 4 unspecified atom stereocenters. The molecule has 0 radical (unpaired) electrons. The molecule has 1 aromatic carbocycles. The molecule has 1 saturated carbocycles. The lowest BCUT2D eigenvalue weighted by atomic mass is 9.70. The standard InChI is InChI=1S/C20H24N2O3/c23-14-6-5-12-11-21-8-7-16-15-3-1-2-4-17(15)22(20(24)25)19(16)18(21)10-13(12)9-14/h1-4,12-14,18,23H,5-11H2,(H,24,25). The first-order valence-electron chi connectivity index (χ1n) is 9.41. The maximum atomic E-state index is 12.1. The van der Waals surface area contributed by atoms with Crippen molar-refractivity contribution in [1.82, 2.24) is 9.47 Å². The lowest BCUT2D eigenvalue weighted by Gasteiger charge is -2.49. The van der Waals surface area contributed by atoms with Crippen molar-refractivity contribution in [3.63, 3.8) is 0 Å². The van der Waals surface area contributed by atoms with Crippen LogP contribution in [0.3, 0.4) is 0 Å². The van der Waals surface area contributed by atoms with Crippen molar-refractivity contribution in [2.75, 3.05) is 13.1 Å². The fourth-order valence-corrected chi connectivity index (χ4v) is 5.63. The molecule has 2 aromatic rings. The van der Waals surface area contributed by atoms with Gasteiger partial charge in [0.1, 0.15) is 0 Å². The third kappa shape index (κ3) is 2.26. The van der Waals surface area contributed by atoms with Gasteiger partial charge in [-0.3, -0.25) is 4.90 Å². The Morgan fingerprint density at radius 3 is 2.80 bits per heavy atom. The number of fused-ring (bicyclic) bond motifs is 6. The van der Waals surface area contributed by atoms with Crippen LogP contribution in [0.1, 0.15) is 43.0 Å². The van der Waals surface area contributed by atoms with Gasteiger partial charge in [-0.25, -0.2) is 9.36 Å². The van der Waals surface area contributed by atoms with Crippen LogP contribution in [0.4, 0.5) is 4.79 Å². The SMILES string of the molecule is O=C(O)n1c2c(c3ccccc31)CCN1CC3CCC(O)CC3CC21. The van der Waals surface area contributed by atoms with Crippen LogP contribution in [-0.2, 0) is 6.42 Å². The number of carboxylic acid groups (broad SMARTS) is 1. The van der Waals surface area contributed by atoms with Crippen LogP contribution >= 0.6 is 0 Å². The molecule has 1 aromatic heterocycles. The molecule has 3 aliphatic rings. The molecular weight excluding hydrogens is 316 g/mol. The quantitative estimate of drug-likeness (QED) is 0.773. The predicted molar refractivity (Wildman–Crippen MR) is 94.8 cm³/mol. The number of hydrogen-bond acceptors (Lipinski definition) is 3. The number of benzene rings is 1. The van der Waals surface area contributed by atoms with Crippen molar-refractivity contribution >= 4 is 17.0 Å². The summed E-state index contributed by atoms with van der Waals surface area (Å²) in [6.07, 6.45) is 3.72. The third-order valence-electron chi connectivity index (χ3n) is 6.72. The number of nitrogens with zero attached hydrogens (tertiary/aromatic N) is 2. The van der Waals surface area contributed by atoms with Crippen molar-refractivity contribution in [3.05, 3.63) is 35.5 Å². The maximum Gasteiger partial charge on any atom is 0.416 e. The average molecular weight is 340 g/mol. The van der Waals surface area contributed by atoms with E-state index in [1.54, 1.807) is 0 Å². The van der Waals surface area contributed by atoms with Gasteiger partial charge in [0.2, 0.25) is 0 Å². The van der Waals surface area contributed by atoms with E-state index in [1.165, 1.54) is 10.1 Å². The first-order valence-corrected chi connectivity index (χ1v) is 9.41. The summed E-state index contributed by atoms with van der Waals surface area (Å²) >= 11 is 0. The Bertz CT molecular complexity index is 843. The average Bonchev–Trinajstić information content (AvgIpc) is 2.95. The Balaban J connectivity index is 1.63. The third-order valence-corrected chi connectivity index (χ3v) is 6.72. The lowest BCUT2D eigenvalue weighted by Crippen LogP contribution is -2.48. The second-order valence-electron chi connectivity index (χ2n) is 7.98.